The lowest BCUT2D eigenvalue weighted by Crippen LogP contribution is -2.39. The Morgan fingerprint density at radius 3 is 2.68 bits per heavy atom. The molecule has 1 aromatic rings. The van der Waals surface area contributed by atoms with Gasteiger partial charge < -0.3 is 20.9 Å². The number of hydrogen-bond donors (Lipinski definition) is 3. The fourth-order valence-corrected chi connectivity index (χ4v) is 6.25. The first-order chi connectivity index (χ1) is 15.1. The van der Waals surface area contributed by atoms with Crippen LogP contribution >= 0.6 is 0 Å². The predicted octanol–water partition coefficient (Wildman–Crippen LogP) is 3.80. The van der Waals surface area contributed by atoms with Gasteiger partial charge in [0.05, 0.1) is 18.1 Å². The number of allylic oxidation sites excluding steroid dienone is 3. The summed E-state index contributed by atoms with van der Waals surface area (Å²) in [6.45, 7) is 6.65. The van der Waals surface area contributed by atoms with Gasteiger partial charge in [0.2, 0.25) is 0 Å². The van der Waals surface area contributed by atoms with Crippen LogP contribution in [-0.2, 0) is 0 Å². The van der Waals surface area contributed by atoms with Gasteiger partial charge in [0.15, 0.2) is 0 Å². The second-order valence-electron chi connectivity index (χ2n) is 10.2. The largest absolute Gasteiger partial charge is 0.393 e. The molecule has 2 saturated carbocycles. The number of likely N-dealkylation sites (tertiary alicyclic amines) is 1. The van der Waals surface area contributed by atoms with E-state index in [2.05, 4.69) is 37.7 Å². The summed E-state index contributed by atoms with van der Waals surface area (Å²) in [5.74, 6) is 4.28. The highest BCUT2D eigenvalue weighted by Crippen LogP contribution is 2.59. The fourth-order valence-electron chi connectivity index (χ4n) is 6.25. The summed E-state index contributed by atoms with van der Waals surface area (Å²) in [5, 5.41) is 14.4. The third-order valence-corrected chi connectivity index (χ3v) is 8.27. The molecule has 0 amide bonds. The second-order valence-corrected chi connectivity index (χ2v) is 10.2. The summed E-state index contributed by atoms with van der Waals surface area (Å²) in [6, 6.07) is 0. The second kappa shape index (κ2) is 8.38. The number of nitrogens with zero attached hydrogens (tertiary/aromatic N) is 3. The first-order valence-corrected chi connectivity index (χ1v) is 12.0. The summed E-state index contributed by atoms with van der Waals surface area (Å²) >= 11 is 0. The van der Waals surface area contributed by atoms with Crippen molar-refractivity contribution in [1.82, 2.24) is 20.2 Å². The highest BCUT2D eigenvalue weighted by Gasteiger charge is 2.54. The Bertz CT molecular complexity index is 865. The first-order valence-electron chi connectivity index (χ1n) is 12.0. The van der Waals surface area contributed by atoms with Crippen LogP contribution in [-0.4, -0.2) is 53.8 Å². The number of rotatable bonds is 8. The number of fused-ring (bicyclic) bond motifs is 2. The molecule has 1 aromatic heterocycles. The van der Waals surface area contributed by atoms with Crippen molar-refractivity contribution in [1.29, 1.82) is 5.41 Å². The zero-order valence-electron chi connectivity index (χ0n) is 18.9. The number of piperidine rings is 1. The zero-order chi connectivity index (χ0) is 21.4. The lowest BCUT2D eigenvalue weighted by Gasteiger charge is -2.35. The lowest BCUT2D eigenvalue weighted by atomic mass is 9.88. The molecule has 1 spiro atoms. The maximum absolute atomic E-state index is 7.90. The summed E-state index contributed by atoms with van der Waals surface area (Å²) in [4.78, 5) is 11.8. The maximum Gasteiger partial charge on any atom is 0.144 e. The van der Waals surface area contributed by atoms with Crippen molar-refractivity contribution in [2.75, 3.05) is 38.5 Å². The van der Waals surface area contributed by atoms with Crippen molar-refractivity contribution in [3.8, 4) is 0 Å². The molecule has 166 valence electrons. The van der Waals surface area contributed by atoms with E-state index in [-0.39, 0.29) is 0 Å². The third-order valence-electron chi connectivity index (χ3n) is 8.27. The average molecular weight is 421 g/mol. The van der Waals surface area contributed by atoms with E-state index in [1.54, 1.807) is 25.5 Å². The van der Waals surface area contributed by atoms with Gasteiger partial charge in [-0.1, -0.05) is 12.2 Å². The minimum atomic E-state index is 0.479. The van der Waals surface area contributed by atoms with E-state index in [1.165, 1.54) is 51.7 Å². The van der Waals surface area contributed by atoms with Crippen LogP contribution in [0.15, 0.2) is 30.7 Å². The molecule has 3 N–H and O–H groups in total. The van der Waals surface area contributed by atoms with Crippen molar-refractivity contribution in [2.45, 2.75) is 39.0 Å². The van der Waals surface area contributed by atoms with Gasteiger partial charge in [0, 0.05) is 37.6 Å². The molecular formula is C25H36N6. The van der Waals surface area contributed by atoms with E-state index in [4.69, 9.17) is 5.41 Å². The molecule has 3 fully saturated rings. The molecule has 4 unspecified atom stereocenters. The van der Waals surface area contributed by atoms with Crippen molar-refractivity contribution in [3.05, 3.63) is 36.4 Å². The molecule has 1 saturated heterocycles. The van der Waals surface area contributed by atoms with Crippen molar-refractivity contribution in [3.63, 3.8) is 0 Å². The standard InChI is InChI=1S/C25H36N6/c1-17(26)22(13-27-2)23-14-30-24(15-28-23)29-12-21-11-25(21)5-7-31(8-6-25)16-20-10-18-3-4-19(20)9-18/h3-4,13-15,18-21,26-27H,5-12,16H2,1-2H3,(H,29,30)/b22-13+,26-17?. The number of aromatic nitrogens is 2. The quantitative estimate of drug-likeness (QED) is 0.440. The van der Waals surface area contributed by atoms with Crippen molar-refractivity contribution in [2.24, 2.45) is 29.1 Å². The lowest BCUT2D eigenvalue weighted by molar-refractivity contribution is 0.136. The Hall–Kier alpha value is -2.21. The van der Waals surface area contributed by atoms with Gasteiger partial charge in [0.1, 0.15) is 5.82 Å². The molecule has 6 nitrogen and oxygen atoms in total. The molecule has 4 aliphatic rings. The molecule has 31 heavy (non-hydrogen) atoms. The Labute approximate surface area is 186 Å². The van der Waals surface area contributed by atoms with Crippen molar-refractivity contribution >= 4 is 17.1 Å². The highest BCUT2D eigenvalue weighted by molar-refractivity contribution is 6.20. The fraction of sp³-hybridized carbons (Fsp3) is 0.640. The van der Waals surface area contributed by atoms with E-state index in [0.717, 1.165) is 47.3 Å². The van der Waals surface area contributed by atoms with E-state index in [1.807, 2.05) is 7.05 Å². The SMILES string of the molecule is CN/C=C(\C(C)=N)c1cnc(NCC2CC23CCN(CC2CC4C=CC2C4)CC3)cn1. The molecule has 5 rings (SSSR count). The van der Waals surface area contributed by atoms with E-state index < -0.39 is 0 Å². The van der Waals surface area contributed by atoms with Crippen LogP contribution in [0.2, 0.25) is 0 Å². The van der Waals surface area contributed by atoms with Crippen LogP contribution in [0, 0.1) is 34.5 Å². The number of hydrogen-bond acceptors (Lipinski definition) is 6. The van der Waals surface area contributed by atoms with Gasteiger partial charge in [0.25, 0.3) is 0 Å². The van der Waals surface area contributed by atoms with Crippen LogP contribution in [0.4, 0.5) is 5.82 Å². The molecular weight excluding hydrogens is 384 g/mol. The highest BCUT2D eigenvalue weighted by atomic mass is 15.1. The third kappa shape index (κ3) is 4.27. The summed E-state index contributed by atoms with van der Waals surface area (Å²) in [6.07, 6.45) is 17.2. The first kappa shape index (κ1) is 20.7. The number of anilines is 1. The smallest absolute Gasteiger partial charge is 0.144 e. The molecule has 0 aromatic carbocycles. The molecule has 6 heteroatoms. The van der Waals surface area contributed by atoms with Gasteiger partial charge in [-0.25, -0.2) is 4.98 Å². The molecule has 2 bridgehead atoms. The Morgan fingerprint density at radius 2 is 2.06 bits per heavy atom. The van der Waals surface area contributed by atoms with Gasteiger partial charge in [-0.2, -0.15) is 0 Å². The van der Waals surface area contributed by atoms with Crippen LogP contribution in [0.25, 0.3) is 5.57 Å². The molecule has 0 radical (unpaired) electrons. The molecule has 4 atom stereocenters. The van der Waals surface area contributed by atoms with Gasteiger partial charge in [-0.3, -0.25) is 4.98 Å². The summed E-state index contributed by atoms with van der Waals surface area (Å²) in [7, 11) is 1.83. The number of nitrogens with one attached hydrogen (secondary N) is 3. The van der Waals surface area contributed by atoms with Crippen LogP contribution in [0.3, 0.4) is 0 Å². The van der Waals surface area contributed by atoms with Gasteiger partial charge >= 0.3 is 0 Å². The minimum absolute atomic E-state index is 0.479. The van der Waals surface area contributed by atoms with E-state index >= 15 is 0 Å². The summed E-state index contributed by atoms with van der Waals surface area (Å²) in [5.41, 5.74) is 2.56. The maximum atomic E-state index is 7.90. The Kier molecular flexibility index (Phi) is 5.59. The Balaban J connectivity index is 1.07. The zero-order valence-corrected chi connectivity index (χ0v) is 18.9. The molecule has 3 aliphatic carbocycles. The average Bonchev–Trinajstić information content (AvgIpc) is 3.08. The van der Waals surface area contributed by atoms with Crippen LogP contribution in [0.5, 0.6) is 0 Å². The van der Waals surface area contributed by atoms with Crippen LogP contribution < -0.4 is 10.6 Å². The molecule has 1 aliphatic heterocycles. The van der Waals surface area contributed by atoms with Gasteiger partial charge in [-0.15, -0.1) is 0 Å². The predicted molar refractivity (Wildman–Crippen MR) is 126 cm³/mol. The summed E-state index contributed by atoms with van der Waals surface area (Å²) < 4.78 is 0. The van der Waals surface area contributed by atoms with E-state index in [9.17, 15) is 0 Å². The van der Waals surface area contributed by atoms with Crippen LogP contribution in [0.1, 0.15) is 44.7 Å². The minimum Gasteiger partial charge on any atom is -0.393 e. The topological polar surface area (TPSA) is 76.9 Å². The van der Waals surface area contributed by atoms with Gasteiger partial charge in [-0.05, 0) is 81.2 Å². The van der Waals surface area contributed by atoms with Crippen molar-refractivity contribution < 1.29 is 0 Å². The van der Waals surface area contributed by atoms with E-state index in [0.29, 0.717) is 11.1 Å². The monoisotopic (exact) mass is 420 g/mol. The molecule has 2 heterocycles. The normalized spacial score (nSPS) is 31.2. The Morgan fingerprint density at radius 1 is 1.23 bits per heavy atom.